The number of hydrogen-bond acceptors (Lipinski definition) is 6. The molecule has 0 spiro atoms. The van der Waals surface area contributed by atoms with Crippen LogP contribution in [-0.2, 0) is 9.59 Å². The van der Waals surface area contributed by atoms with Gasteiger partial charge in [0.2, 0.25) is 0 Å². The van der Waals surface area contributed by atoms with Gasteiger partial charge in [-0.05, 0) is 47.7 Å². The molecule has 2 heterocycles. The molecule has 8 heteroatoms. The van der Waals surface area contributed by atoms with Crippen molar-refractivity contribution in [3.63, 3.8) is 0 Å². The molecule has 1 aliphatic rings. The largest absolute Gasteiger partial charge is 0.484 e. The molecule has 0 saturated carbocycles. The van der Waals surface area contributed by atoms with Gasteiger partial charge in [-0.3, -0.25) is 24.6 Å². The molecule has 1 aliphatic heterocycles. The molecule has 3 amide bonds. The Balaban J connectivity index is 1.58. The maximum absolute atomic E-state index is 12.2. The maximum atomic E-state index is 12.2. The summed E-state index contributed by atoms with van der Waals surface area (Å²) in [4.78, 5) is 40.7. The Morgan fingerprint density at radius 1 is 1.23 bits per heavy atom. The molecule has 26 heavy (non-hydrogen) atoms. The van der Waals surface area contributed by atoms with Crippen LogP contribution in [0.2, 0.25) is 0 Å². The van der Waals surface area contributed by atoms with Crippen molar-refractivity contribution in [3.05, 3.63) is 59.1 Å². The number of amides is 3. The van der Waals surface area contributed by atoms with Gasteiger partial charge in [0.15, 0.2) is 6.61 Å². The van der Waals surface area contributed by atoms with Crippen LogP contribution in [0, 0.1) is 0 Å². The van der Waals surface area contributed by atoms with E-state index in [2.05, 4.69) is 10.3 Å². The Bertz CT molecular complexity index is 866. The van der Waals surface area contributed by atoms with E-state index in [0.29, 0.717) is 16.5 Å². The summed E-state index contributed by atoms with van der Waals surface area (Å²) >= 11 is 0.862. The lowest BCUT2D eigenvalue weighted by Gasteiger charge is -2.16. The average molecular weight is 369 g/mol. The summed E-state index contributed by atoms with van der Waals surface area (Å²) in [6.07, 6.45) is 3.23. The maximum Gasteiger partial charge on any atom is 0.290 e. The van der Waals surface area contributed by atoms with Gasteiger partial charge in [0, 0.05) is 13.2 Å². The van der Waals surface area contributed by atoms with Crippen molar-refractivity contribution in [2.75, 3.05) is 18.6 Å². The van der Waals surface area contributed by atoms with E-state index in [9.17, 15) is 14.4 Å². The first-order chi connectivity index (χ1) is 12.5. The molecule has 0 atom stereocenters. The zero-order valence-electron chi connectivity index (χ0n) is 13.8. The molecule has 0 bridgehead atoms. The van der Waals surface area contributed by atoms with Gasteiger partial charge in [0.1, 0.15) is 11.6 Å². The zero-order chi connectivity index (χ0) is 18.5. The quantitative estimate of drug-likeness (QED) is 0.815. The smallest absolute Gasteiger partial charge is 0.290 e. The molecule has 132 valence electrons. The summed E-state index contributed by atoms with van der Waals surface area (Å²) in [5.74, 6) is 0.440. The van der Waals surface area contributed by atoms with E-state index in [1.54, 1.807) is 61.8 Å². The van der Waals surface area contributed by atoms with Crippen LogP contribution in [0.4, 0.5) is 10.6 Å². The lowest BCUT2D eigenvalue weighted by Crippen LogP contribution is -2.31. The Hall–Kier alpha value is -3.13. The number of thioether (sulfide) groups is 1. The highest BCUT2D eigenvalue weighted by Gasteiger charge is 2.24. The van der Waals surface area contributed by atoms with Crippen molar-refractivity contribution in [1.82, 2.24) is 10.3 Å². The van der Waals surface area contributed by atoms with Gasteiger partial charge < -0.3 is 4.74 Å². The third-order valence-electron chi connectivity index (χ3n) is 3.55. The van der Waals surface area contributed by atoms with Crippen LogP contribution in [0.25, 0.3) is 6.08 Å². The van der Waals surface area contributed by atoms with Crippen LogP contribution in [-0.4, -0.2) is 35.7 Å². The van der Waals surface area contributed by atoms with E-state index in [4.69, 9.17) is 4.74 Å². The van der Waals surface area contributed by atoms with Crippen LogP contribution in [0.15, 0.2) is 53.6 Å². The third kappa shape index (κ3) is 4.28. The molecule has 1 N–H and O–H groups in total. The van der Waals surface area contributed by atoms with Gasteiger partial charge >= 0.3 is 0 Å². The van der Waals surface area contributed by atoms with Gasteiger partial charge in [-0.25, -0.2) is 4.98 Å². The number of rotatable bonds is 5. The van der Waals surface area contributed by atoms with Crippen molar-refractivity contribution < 1.29 is 19.1 Å². The minimum atomic E-state index is -0.400. The second kappa shape index (κ2) is 7.83. The van der Waals surface area contributed by atoms with Crippen molar-refractivity contribution in [2.24, 2.45) is 0 Å². The summed E-state index contributed by atoms with van der Waals surface area (Å²) in [5.41, 5.74) is 0.752. The number of anilines is 1. The summed E-state index contributed by atoms with van der Waals surface area (Å²) in [5, 5.41) is 1.82. The van der Waals surface area contributed by atoms with Crippen LogP contribution in [0.1, 0.15) is 5.56 Å². The molecule has 1 fully saturated rings. The van der Waals surface area contributed by atoms with E-state index >= 15 is 0 Å². The van der Waals surface area contributed by atoms with E-state index in [1.807, 2.05) is 0 Å². The molecular formula is C18H15N3O4S. The predicted octanol–water partition coefficient (Wildman–Crippen LogP) is 2.45. The minimum Gasteiger partial charge on any atom is -0.484 e. The van der Waals surface area contributed by atoms with Crippen molar-refractivity contribution >= 4 is 40.7 Å². The summed E-state index contributed by atoms with van der Waals surface area (Å²) in [6, 6.07) is 12.2. The van der Waals surface area contributed by atoms with Crippen molar-refractivity contribution in [2.45, 2.75) is 0 Å². The standard InChI is InChI=1S/C18H15N3O4S/c1-21(15-4-2-3-9-19-15)16(22)11-25-13-7-5-12(6-8-13)10-14-17(23)20-18(24)26-14/h2-10H,11H2,1H3,(H,20,23,24). The first-order valence-electron chi connectivity index (χ1n) is 7.68. The number of hydrogen-bond donors (Lipinski definition) is 1. The van der Waals surface area contributed by atoms with Gasteiger partial charge in [0.25, 0.3) is 17.1 Å². The first-order valence-corrected chi connectivity index (χ1v) is 8.50. The number of benzene rings is 1. The molecule has 0 unspecified atom stereocenters. The molecule has 2 aromatic rings. The number of nitrogens with one attached hydrogen (secondary N) is 1. The second-order valence-corrected chi connectivity index (χ2v) is 6.37. The van der Waals surface area contributed by atoms with E-state index in [-0.39, 0.29) is 17.8 Å². The number of ether oxygens (including phenoxy) is 1. The number of aromatic nitrogens is 1. The number of nitrogens with zero attached hydrogens (tertiary/aromatic N) is 2. The van der Waals surface area contributed by atoms with Crippen LogP contribution < -0.4 is 15.0 Å². The molecule has 7 nitrogen and oxygen atoms in total. The highest BCUT2D eigenvalue weighted by atomic mass is 32.2. The van der Waals surface area contributed by atoms with E-state index < -0.39 is 5.91 Å². The topological polar surface area (TPSA) is 88.6 Å². The normalized spacial score (nSPS) is 15.0. The fourth-order valence-corrected chi connectivity index (χ4v) is 2.84. The van der Waals surface area contributed by atoms with Crippen LogP contribution in [0.3, 0.4) is 0 Å². The SMILES string of the molecule is CN(C(=O)COc1ccc(C=C2SC(=O)NC2=O)cc1)c1ccccn1. The monoisotopic (exact) mass is 369 g/mol. The molecule has 1 aromatic carbocycles. The number of pyridine rings is 1. The lowest BCUT2D eigenvalue weighted by atomic mass is 10.2. The number of imide groups is 1. The Morgan fingerprint density at radius 2 is 2.00 bits per heavy atom. The van der Waals surface area contributed by atoms with E-state index in [1.165, 1.54) is 4.90 Å². The van der Waals surface area contributed by atoms with E-state index in [0.717, 1.165) is 17.3 Å². The Morgan fingerprint density at radius 3 is 2.62 bits per heavy atom. The molecule has 3 rings (SSSR count). The fraction of sp³-hybridized carbons (Fsp3) is 0.111. The molecule has 1 aromatic heterocycles. The number of carbonyl (C=O) groups excluding carboxylic acids is 3. The lowest BCUT2D eigenvalue weighted by molar-refractivity contribution is -0.120. The Kier molecular flexibility index (Phi) is 5.33. The van der Waals surface area contributed by atoms with Gasteiger partial charge in [-0.1, -0.05) is 18.2 Å². The minimum absolute atomic E-state index is 0.125. The first kappa shape index (κ1) is 17.7. The van der Waals surface area contributed by atoms with Crippen molar-refractivity contribution in [3.8, 4) is 5.75 Å². The summed E-state index contributed by atoms with van der Waals surface area (Å²) < 4.78 is 5.50. The Labute approximate surface area is 154 Å². The molecule has 0 aliphatic carbocycles. The van der Waals surface area contributed by atoms with Crippen molar-refractivity contribution in [1.29, 1.82) is 0 Å². The summed E-state index contributed by atoms with van der Waals surface area (Å²) in [6.45, 7) is -0.125. The number of carbonyl (C=O) groups is 3. The second-order valence-electron chi connectivity index (χ2n) is 5.35. The average Bonchev–Trinajstić information content (AvgIpc) is 2.98. The molecule has 0 radical (unpaired) electrons. The molecule has 1 saturated heterocycles. The van der Waals surface area contributed by atoms with Gasteiger partial charge in [-0.2, -0.15) is 0 Å². The van der Waals surface area contributed by atoms with Crippen LogP contribution >= 0.6 is 11.8 Å². The zero-order valence-corrected chi connectivity index (χ0v) is 14.7. The summed E-state index contributed by atoms with van der Waals surface area (Å²) in [7, 11) is 1.63. The highest BCUT2D eigenvalue weighted by Crippen LogP contribution is 2.26. The van der Waals surface area contributed by atoms with Gasteiger partial charge in [-0.15, -0.1) is 0 Å². The fourth-order valence-electron chi connectivity index (χ4n) is 2.15. The number of likely N-dealkylation sites (N-methyl/N-ethyl adjacent to an activating group) is 1. The molecular weight excluding hydrogens is 354 g/mol. The predicted molar refractivity (Wildman–Crippen MR) is 98.7 cm³/mol. The van der Waals surface area contributed by atoms with Crippen LogP contribution in [0.5, 0.6) is 5.75 Å². The third-order valence-corrected chi connectivity index (χ3v) is 4.36. The highest BCUT2D eigenvalue weighted by molar-refractivity contribution is 8.18. The van der Waals surface area contributed by atoms with Gasteiger partial charge in [0.05, 0.1) is 4.91 Å².